The van der Waals surface area contributed by atoms with Gasteiger partial charge < -0.3 is 40.0 Å². The molecule has 0 aliphatic carbocycles. The van der Waals surface area contributed by atoms with E-state index in [1.54, 1.807) is 19.9 Å². The Bertz CT molecular complexity index is 1710. The van der Waals surface area contributed by atoms with Crippen molar-refractivity contribution in [1.29, 1.82) is 0 Å². The maximum atomic E-state index is 12.4. The van der Waals surface area contributed by atoms with Crippen LogP contribution in [0.25, 0.3) is 0 Å². The van der Waals surface area contributed by atoms with Gasteiger partial charge in [-0.15, -0.1) is 0 Å². The second kappa shape index (κ2) is 27.3. The molecule has 0 aromatic heterocycles. The van der Waals surface area contributed by atoms with Crippen molar-refractivity contribution in [1.82, 2.24) is 5.43 Å². The quantitative estimate of drug-likeness (QED) is 0.0303. The van der Waals surface area contributed by atoms with Gasteiger partial charge in [-0.1, -0.05) is 111 Å². The van der Waals surface area contributed by atoms with Gasteiger partial charge >= 0.3 is 11.9 Å². The van der Waals surface area contributed by atoms with Crippen LogP contribution in [0.1, 0.15) is 131 Å². The fraction of sp³-hybridized carbons (Fsp3) is 0.609. The average molecular weight is 856 g/mol. The smallest absolute Gasteiger partial charge is 0.335 e. The molecule has 1 aliphatic rings. The Balaban J connectivity index is 0.000000426. The minimum atomic E-state index is -1.86. The fourth-order valence-electron chi connectivity index (χ4n) is 6.01. The molecule has 5 atom stereocenters. The number of aliphatic carboxylic acids is 1. The number of esters is 1. The molecular formula is C46H69N3O12. The first kappa shape index (κ1) is 52.4. The Hall–Kier alpha value is -4.70. The SMILES string of the molecule is CC(C)CC(=O)Nc1cc(COC(=O)C(C)C)ccc1OC1O[C@@H](C(=O)O)[C@H](O)[C@@H](O)[C@@H]1O.CC(C)CCCCCC(=O)N/N=C(/CCCCC(=O)C(C)C)c1ccccc1. The van der Waals surface area contributed by atoms with Crippen LogP contribution in [-0.4, -0.2) is 86.4 Å². The number of hydrogen-bond acceptors (Lipinski definition) is 12. The van der Waals surface area contributed by atoms with Crippen molar-refractivity contribution in [2.75, 3.05) is 5.32 Å². The fourth-order valence-corrected chi connectivity index (χ4v) is 6.01. The van der Waals surface area contributed by atoms with Crippen LogP contribution in [-0.2, 0) is 40.1 Å². The second-order valence-electron chi connectivity index (χ2n) is 16.9. The highest BCUT2D eigenvalue weighted by molar-refractivity contribution is 6.01. The van der Waals surface area contributed by atoms with E-state index in [4.69, 9.17) is 14.2 Å². The minimum absolute atomic E-state index is 0.0165. The molecule has 1 heterocycles. The predicted molar refractivity (Wildman–Crippen MR) is 231 cm³/mol. The van der Waals surface area contributed by atoms with E-state index in [-0.39, 0.29) is 54.0 Å². The maximum Gasteiger partial charge on any atom is 0.335 e. The molecule has 1 fully saturated rings. The van der Waals surface area contributed by atoms with E-state index < -0.39 is 42.6 Å². The van der Waals surface area contributed by atoms with Gasteiger partial charge in [0.2, 0.25) is 18.1 Å². The number of rotatable bonds is 23. The summed E-state index contributed by atoms with van der Waals surface area (Å²) in [6, 6.07) is 14.4. The number of nitrogens with one attached hydrogen (secondary N) is 2. The van der Waals surface area contributed by atoms with Crippen LogP contribution in [0.4, 0.5) is 5.69 Å². The van der Waals surface area contributed by atoms with Crippen LogP contribution in [0.3, 0.4) is 0 Å². The number of amides is 2. The molecule has 15 nitrogen and oxygen atoms in total. The van der Waals surface area contributed by atoms with Crippen molar-refractivity contribution < 1.29 is 58.6 Å². The molecule has 1 saturated heterocycles. The lowest BCUT2D eigenvalue weighted by Gasteiger charge is -2.38. The molecule has 0 saturated carbocycles. The zero-order chi connectivity index (χ0) is 45.6. The first-order chi connectivity index (χ1) is 28.8. The number of benzene rings is 2. The first-order valence-electron chi connectivity index (χ1n) is 21.4. The lowest BCUT2D eigenvalue weighted by molar-refractivity contribution is -0.271. The van der Waals surface area contributed by atoms with E-state index in [0.717, 1.165) is 49.3 Å². The van der Waals surface area contributed by atoms with Gasteiger partial charge in [0.25, 0.3) is 0 Å². The second-order valence-corrected chi connectivity index (χ2v) is 16.9. The van der Waals surface area contributed by atoms with E-state index in [1.165, 1.54) is 25.0 Å². The Morgan fingerprint density at radius 3 is 2.00 bits per heavy atom. The van der Waals surface area contributed by atoms with Crippen LogP contribution >= 0.6 is 0 Å². The topological polar surface area (TPSA) is 230 Å². The number of hydrogen-bond donors (Lipinski definition) is 6. The largest absolute Gasteiger partial charge is 0.479 e. The van der Waals surface area contributed by atoms with Crippen molar-refractivity contribution in [2.45, 2.75) is 157 Å². The van der Waals surface area contributed by atoms with Crippen LogP contribution in [0.15, 0.2) is 53.6 Å². The Morgan fingerprint density at radius 1 is 0.738 bits per heavy atom. The number of hydrazone groups is 1. The molecule has 61 heavy (non-hydrogen) atoms. The third kappa shape index (κ3) is 19.7. The molecule has 2 amide bonds. The van der Waals surface area contributed by atoms with E-state index >= 15 is 0 Å². The normalized spacial score (nSPS) is 19.0. The zero-order valence-electron chi connectivity index (χ0n) is 37.1. The molecule has 1 unspecified atom stereocenters. The summed E-state index contributed by atoms with van der Waals surface area (Å²) in [4.78, 5) is 59.3. The minimum Gasteiger partial charge on any atom is -0.479 e. The van der Waals surface area contributed by atoms with Gasteiger partial charge in [0, 0.05) is 25.2 Å². The highest BCUT2D eigenvalue weighted by atomic mass is 16.7. The summed E-state index contributed by atoms with van der Waals surface area (Å²) < 4.78 is 15.9. The molecular weight excluding hydrogens is 787 g/mol. The standard InChI is InChI=1S/C24H38N2O2.C22H31NO10/c1-19(2)13-7-5-10-18-24(28)26-25-22(21-14-8-6-9-15-21)16-11-12-17-23(27)20(3)4;1-10(2)7-15(24)23-13-8-12(9-31-21(30)11(3)4)5-6-14(13)32-22-18(27)16(25)17(26)19(33-22)20(28)29/h6,8-9,14-15,19-20H,5,7,10-13,16-18H2,1-4H3,(H,26,28);5-6,8,10-11,16-19,22,25-27H,7,9H2,1-4H3,(H,23,24)(H,28,29)/b25-22-;/t;16-,17-,18+,19-,22?/m.1/s1. The van der Waals surface area contributed by atoms with E-state index in [2.05, 4.69) is 29.7 Å². The summed E-state index contributed by atoms with van der Waals surface area (Å²) in [7, 11) is 0. The number of anilines is 1. The average Bonchev–Trinajstić information content (AvgIpc) is 3.20. The van der Waals surface area contributed by atoms with Crippen molar-refractivity contribution in [3.05, 3.63) is 59.7 Å². The lowest BCUT2D eigenvalue weighted by atomic mass is 9.99. The van der Waals surface area contributed by atoms with E-state index in [1.807, 2.05) is 58.0 Å². The number of aliphatic hydroxyl groups is 3. The van der Waals surface area contributed by atoms with Crippen molar-refractivity contribution >= 4 is 40.9 Å². The van der Waals surface area contributed by atoms with Gasteiger partial charge in [0.05, 0.1) is 17.3 Å². The first-order valence-corrected chi connectivity index (χ1v) is 21.4. The van der Waals surface area contributed by atoms with Gasteiger partial charge in [-0.05, 0) is 60.8 Å². The number of carbonyl (C=O) groups is 5. The van der Waals surface area contributed by atoms with Crippen LogP contribution < -0.4 is 15.5 Å². The molecule has 1 aliphatic heterocycles. The predicted octanol–water partition coefficient (Wildman–Crippen LogP) is 6.54. The van der Waals surface area contributed by atoms with Crippen LogP contribution in [0.2, 0.25) is 0 Å². The van der Waals surface area contributed by atoms with Gasteiger partial charge in [-0.25, -0.2) is 10.2 Å². The molecule has 0 bridgehead atoms. The number of ether oxygens (including phenoxy) is 3. The third-order valence-electron chi connectivity index (χ3n) is 9.66. The van der Waals surface area contributed by atoms with Crippen molar-refractivity contribution in [2.24, 2.45) is 28.8 Å². The Kier molecular flexibility index (Phi) is 23.5. The molecule has 0 radical (unpaired) electrons. The molecule has 15 heteroatoms. The summed E-state index contributed by atoms with van der Waals surface area (Å²) in [6.07, 6.45) is -0.700. The van der Waals surface area contributed by atoms with E-state index in [0.29, 0.717) is 24.2 Å². The van der Waals surface area contributed by atoms with Crippen LogP contribution in [0, 0.1) is 23.7 Å². The van der Waals surface area contributed by atoms with Gasteiger partial charge in [0.15, 0.2) is 6.10 Å². The summed E-state index contributed by atoms with van der Waals surface area (Å²) in [5.41, 5.74) is 5.34. The number of ketones is 1. The molecule has 2 aromatic rings. The lowest BCUT2D eigenvalue weighted by Crippen LogP contribution is -2.61. The maximum absolute atomic E-state index is 12.4. The number of carboxylic acid groups (broad SMARTS) is 1. The summed E-state index contributed by atoms with van der Waals surface area (Å²) in [5, 5.41) is 46.3. The zero-order valence-corrected chi connectivity index (χ0v) is 37.1. The number of Topliss-reactive ketones (excluding diaryl/α,β-unsaturated/α-hetero) is 1. The van der Waals surface area contributed by atoms with Crippen LogP contribution in [0.5, 0.6) is 5.75 Å². The molecule has 3 rings (SSSR count). The number of aliphatic hydroxyl groups excluding tert-OH is 3. The highest BCUT2D eigenvalue weighted by Crippen LogP contribution is 2.31. The number of unbranched alkanes of at least 4 members (excludes halogenated alkanes) is 3. The summed E-state index contributed by atoms with van der Waals surface area (Å²) in [6.45, 7) is 15.4. The third-order valence-corrected chi connectivity index (χ3v) is 9.66. The molecule has 340 valence electrons. The Labute approximate surface area is 360 Å². The Morgan fingerprint density at radius 2 is 1.39 bits per heavy atom. The highest BCUT2D eigenvalue weighted by Gasteiger charge is 2.48. The summed E-state index contributed by atoms with van der Waals surface area (Å²) >= 11 is 0. The monoisotopic (exact) mass is 855 g/mol. The van der Waals surface area contributed by atoms with E-state index in [9.17, 15) is 44.4 Å². The van der Waals surface area contributed by atoms with Gasteiger partial charge in [-0.2, -0.15) is 5.10 Å². The van der Waals surface area contributed by atoms with Crippen molar-refractivity contribution in [3.63, 3.8) is 0 Å². The number of carbonyl (C=O) groups excluding carboxylic acids is 4. The molecule has 2 aromatic carbocycles. The summed E-state index contributed by atoms with van der Waals surface area (Å²) in [5.74, 6) is -1.38. The van der Waals surface area contributed by atoms with Gasteiger partial charge in [0.1, 0.15) is 36.5 Å². The number of nitrogens with zero attached hydrogens (tertiary/aromatic N) is 1. The number of carboxylic acids is 1. The molecule has 0 spiro atoms. The van der Waals surface area contributed by atoms with Gasteiger partial charge in [-0.3, -0.25) is 19.2 Å². The van der Waals surface area contributed by atoms with Crippen molar-refractivity contribution in [3.8, 4) is 5.75 Å². The molecule has 6 N–H and O–H groups in total.